The van der Waals surface area contributed by atoms with E-state index in [0.29, 0.717) is 16.5 Å². The Morgan fingerprint density at radius 2 is 1.94 bits per heavy atom. The second-order valence-corrected chi connectivity index (χ2v) is 7.64. The number of benzene rings is 1. The molecule has 0 fully saturated rings. The third-order valence-corrected chi connectivity index (χ3v) is 5.27. The molecule has 0 aliphatic rings. The summed E-state index contributed by atoms with van der Waals surface area (Å²) in [6.07, 6.45) is -3.52. The average Bonchev–Trinajstić information content (AvgIpc) is 3.32. The lowest BCUT2D eigenvalue weighted by atomic mass is 10.1. The van der Waals surface area contributed by atoms with Gasteiger partial charge in [0, 0.05) is 18.5 Å². The smallest absolute Gasteiger partial charge is 0.435 e. The molecule has 2 heterocycles. The first-order valence-corrected chi connectivity index (χ1v) is 10.0. The number of hydrogen-bond acceptors (Lipinski definition) is 6. The van der Waals surface area contributed by atoms with Gasteiger partial charge in [0.2, 0.25) is 5.91 Å². The molecule has 0 spiro atoms. The summed E-state index contributed by atoms with van der Waals surface area (Å²) in [6, 6.07) is 6.40. The van der Waals surface area contributed by atoms with Crippen LogP contribution in [0.2, 0.25) is 0 Å². The van der Waals surface area contributed by atoms with Crippen molar-refractivity contribution < 1.29 is 27.5 Å². The third kappa shape index (κ3) is 5.48. The van der Waals surface area contributed by atoms with Crippen LogP contribution in [-0.2, 0) is 33.7 Å². The highest BCUT2D eigenvalue weighted by atomic mass is 32.1. The lowest BCUT2D eigenvalue weighted by Crippen LogP contribution is -2.22. The van der Waals surface area contributed by atoms with Gasteiger partial charge < -0.3 is 4.74 Å². The molecule has 31 heavy (non-hydrogen) atoms. The van der Waals surface area contributed by atoms with Crippen LogP contribution >= 0.6 is 11.3 Å². The number of amides is 1. The SMILES string of the molecule is CC(=O)N(c1ccc(C)c(C)c1)c1nc(COC(=O)Cn2ccc(C(F)(F)F)n2)cs1. The molecule has 164 valence electrons. The fraction of sp³-hybridized carbons (Fsp3) is 0.300. The van der Waals surface area contributed by atoms with Crippen molar-refractivity contribution in [3.63, 3.8) is 0 Å². The maximum absolute atomic E-state index is 12.6. The molecule has 7 nitrogen and oxygen atoms in total. The molecule has 0 radical (unpaired) electrons. The van der Waals surface area contributed by atoms with Gasteiger partial charge in [-0.15, -0.1) is 11.3 Å². The Labute approximate surface area is 180 Å². The number of carbonyl (C=O) groups is 2. The summed E-state index contributed by atoms with van der Waals surface area (Å²) in [5.74, 6) is -0.982. The van der Waals surface area contributed by atoms with E-state index in [1.54, 1.807) is 5.38 Å². The molecule has 11 heteroatoms. The van der Waals surface area contributed by atoms with Crippen molar-refractivity contribution in [3.05, 3.63) is 58.4 Å². The van der Waals surface area contributed by atoms with Crippen molar-refractivity contribution in [3.8, 4) is 0 Å². The van der Waals surface area contributed by atoms with Crippen LogP contribution in [0.3, 0.4) is 0 Å². The summed E-state index contributed by atoms with van der Waals surface area (Å²) in [7, 11) is 0. The third-order valence-electron chi connectivity index (χ3n) is 4.40. The van der Waals surface area contributed by atoms with Gasteiger partial charge in [0.1, 0.15) is 13.2 Å². The lowest BCUT2D eigenvalue weighted by Gasteiger charge is -2.19. The number of anilines is 2. The summed E-state index contributed by atoms with van der Waals surface area (Å²) in [5.41, 5.74) is 2.13. The molecule has 0 aliphatic heterocycles. The Balaban J connectivity index is 1.64. The first kappa shape index (κ1) is 22.5. The Kier molecular flexibility index (Phi) is 6.44. The maximum atomic E-state index is 12.6. The fourth-order valence-electron chi connectivity index (χ4n) is 2.69. The van der Waals surface area contributed by atoms with Crippen molar-refractivity contribution >= 4 is 34.0 Å². The quantitative estimate of drug-likeness (QED) is 0.518. The zero-order valence-corrected chi connectivity index (χ0v) is 17.8. The molecular formula is C20H19F3N4O3S. The van der Waals surface area contributed by atoms with E-state index in [4.69, 9.17) is 4.74 Å². The van der Waals surface area contributed by atoms with E-state index < -0.39 is 24.4 Å². The molecule has 0 bridgehead atoms. The van der Waals surface area contributed by atoms with Crippen LogP contribution < -0.4 is 4.90 Å². The van der Waals surface area contributed by atoms with Crippen LogP contribution in [0.25, 0.3) is 0 Å². The molecule has 0 unspecified atom stereocenters. The Morgan fingerprint density at radius 3 is 2.55 bits per heavy atom. The van der Waals surface area contributed by atoms with E-state index in [1.165, 1.54) is 23.2 Å². The van der Waals surface area contributed by atoms with Crippen molar-refractivity contribution in [1.82, 2.24) is 14.8 Å². The Morgan fingerprint density at radius 1 is 1.19 bits per heavy atom. The minimum absolute atomic E-state index is 0.179. The van der Waals surface area contributed by atoms with Crippen LogP contribution in [0.5, 0.6) is 0 Å². The Hall–Kier alpha value is -3.21. The van der Waals surface area contributed by atoms with Crippen LogP contribution in [0, 0.1) is 13.8 Å². The van der Waals surface area contributed by atoms with Gasteiger partial charge in [-0.25, -0.2) is 4.98 Å². The van der Waals surface area contributed by atoms with E-state index in [9.17, 15) is 22.8 Å². The second kappa shape index (κ2) is 8.88. The van der Waals surface area contributed by atoms with Gasteiger partial charge in [-0.05, 0) is 43.2 Å². The number of carbonyl (C=O) groups excluding carboxylic acids is 2. The number of rotatable bonds is 6. The zero-order valence-electron chi connectivity index (χ0n) is 16.9. The van der Waals surface area contributed by atoms with Gasteiger partial charge in [0.25, 0.3) is 0 Å². The summed E-state index contributed by atoms with van der Waals surface area (Å²) in [5, 5.41) is 5.37. The first-order chi connectivity index (χ1) is 14.5. The minimum atomic E-state index is -4.58. The summed E-state index contributed by atoms with van der Waals surface area (Å²) < 4.78 is 43.6. The first-order valence-electron chi connectivity index (χ1n) is 9.13. The monoisotopic (exact) mass is 452 g/mol. The summed E-state index contributed by atoms with van der Waals surface area (Å²) in [4.78, 5) is 30.0. The van der Waals surface area contributed by atoms with Gasteiger partial charge in [0.15, 0.2) is 10.8 Å². The molecule has 0 saturated heterocycles. The minimum Gasteiger partial charge on any atom is -0.458 e. The number of hydrogen-bond donors (Lipinski definition) is 0. The Bertz CT molecular complexity index is 1110. The number of aromatic nitrogens is 3. The highest BCUT2D eigenvalue weighted by Gasteiger charge is 2.33. The van der Waals surface area contributed by atoms with Crippen LogP contribution in [-0.4, -0.2) is 26.6 Å². The molecule has 1 amide bonds. The highest BCUT2D eigenvalue weighted by Crippen LogP contribution is 2.30. The predicted molar refractivity (Wildman–Crippen MR) is 108 cm³/mol. The molecule has 1 aromatic carbocycles. The topological polar surface area (TPSA) is 77.3 Å². The largest absolute Gasteiger partial charge is 0.458 e. The molecule has 0 saturated carbocycles. The normalized spacial score (nSPS) is 11.4. The molecule has 0 aliphatic carbocycles. The van der Waals surface area contributed by atoms with Gasteiger partial charge in [-0.2, -0.15) is 18.3 Å². The van der Waals surface area contributed by atoms with Crippen LogP contribution in [0.15, 0.2) is 35.8 Å². The number of thiazole rings is 1. The number of esters is 1. The van der Waals surface area contributed by atoms with Gasteiger partial charge in [0.05, 0.1) is 11.4 Å². The van der Waals surface area contributed by atoms with Crippen LogP contribution in [0.4, 0.5) is 24.0 Å². The number of ether oxygens (including phenoxy) is 1. The molecule has 2 aromatic heterocycles. The number of halogens is 3. The van der Waals surface area contributed by atoms with E-state index >= 15 is 0 Å². The van der Waals surface area contributed by atoms with Gasteiger partial charge in [-0.1, -0.05) is 6.07 Å². The van der Waals surface area contributed by atoms with E-state index in [1.807, 2.05) is 32.0 Å². The highest BCUT2D eigenvalue weighted by molar-refractivity contribution is 7.14. The fourth-order valence-corrected chi connectivity index (χ4v) is 3.56. The molecule has 3 aromatic rings. The van der Waals surface area contributed by atoms with E-state index in [2.05, 4.69) is 10.1 Å². The van der Waals surface area contributed by atoms with Crippen molar-refractivity contribution in [1.29, 1.82) is 0 Å². The van der Waals surface area contributed by atoms with Crippen molar-refractivity contribution in [2.24, 2.45) is 0 Å². The number of aryl methyl sites for hydroxylation is 2. The lowest BCUT2D eigenvalue weighted by molar-refractivity contribution is -0.147. The zero-order chi connectivity index (χ0) is 22.8. The van der Waals surface area contributed by atoms with E-state index in [0.717, 1.165) is 28.1 Å². The standard InChI is InChI=1S/C20H19F3N4O3S/c1-12-4-5-16(8-13(12)2)27(14(3)28)19-24-15(11-31-19)10-30-18(29)9-26-7-6-17(25-26)20(21,22)23/h4-8,11H,9-10H2,1-3H3. The van der Waals surface area contributed by atoms with Crippen molar-refractivity contribution in [2.45, 2.75) is 40.1 Å². The van der Waals surface area contributed by atoms with Crippen LogP contribution in [0.1, 0.15) is 29.4 Å². The molecule has 0 atom stereocenters. The number of alkyl halides is 3. The van der Waals surface area contributed by atoms with Crippen molar-refractivity contribution in [2.75, 3.05) is 4.90 Å². The predicted octanol–water partition coefficient (Wildman–Crippen LogP) is 4.40. The van der Waals surface area contributed by atoms with Gasteiger partial charge in [-0.3, -0.25) is 19.2 Å². The molecule has 3 rings (SSSR count). The second-order valence-electron chi connectivity index (χ2n) is 6.80. The number of nitrogens with zero attached hydrogens (tertiary/aromatic N) is 4. The summed E-state index contributed by atoms with van der Waals surface area (Å²) in [6.45, 7) is 4.70. The van der Waals surface area contributed by atoms with E-state index in [-0.39, 0.29) is 12.5 Å². The maximum Gasteiger partial charge on any atom is 0.435 e. The van der Waals surface area contributed by atoms with Gasteiger partial charge >= 0.3 is 12.1 Å². The molecule has 0 N–H and O–H groups in total. The average molecular weight is 452 g/mol. The summed E-state index contributed by atoms with van der Waals surface area (Å²) >= 11 is 1.21. The molecular weight excluding hydrogens is 433 g/mol.